The third-order valence-electron chi connectivity index (χ3n) is 8.01. The van der Waals surface area contributed by atoms with Gasteiger partial charge in [-0.05, 0) is 34.4 Å². The van der Waals surface area contributed by atoms with E-state index in [9.17, 15) is 14.4 Å². The minimum absolute atomic E-state index is 0.298. The molecular weight excluding hydrogens is 540 g/mol. The molecule has 4 amide bonds. The van der Waals surface area contributed by atoms with Gasteiger partial charge >= 0.3 is 6.03 Å². The smallest absolute Gasteiger partial charge is 0.325 e. The molecule has 6 rings (SSSR count). The molecule has 0 spiro atoms. The molecular formula is C35H32N4O4. The maximum atomic E-state index is 14.1. The Morgan fingerprint density at radius 3 is 1.95 bits per heavy atom. The minimum atomic E-state index is -1.22. The Hall–Kier alpha value is -5.24. The Bertz CT molecular complexity index is 1600. The van der Waals surface area contributed by atoms with E-state index in [1.165, 1.54) is 5.01 Å². The summed E-state index contributed by atoms with van der Waals surface area (Å²) >= 11 is 0. The zero-order valence-corrected chi connectivity index (χ0v) is 23.9. The number of nitrogens with one attached hydrogen (secondary N) is 1. The van der Waals surface area contributed by atoms with E-state index in [1.807, 2.05) is 115 Å². The molecule has 0 saturated carbocycles. The van der Waals surface area contributed by atoms with Gasteiger partial charge in [-0.25, -0.2) is 9.80 Å². The van der Waals surface area contributed by atoms with Crippen LogP contribution in [0, 0.1) is 0 Å². The predicted octanol–water partition coefficient (Wildman–Crippen LogP) is 5.15. The Morgan fingerprint density at radius 2 is 1.40 bits per heavy atom. The number of urea groups is 1. The number of carbonyl (C=O) groups is 3. The number of imide groups is 1. The van der Waals surface area contributed by atoms with Crippen molar-refractivity contribution < 1.29 is 19.1 Å². The molecule has 2 aliphatic rings. The van der Waals surface area contributed by atoms with Crippen LogP contribution in [-0.2, 0) is 22.4 Å². The van der Waals surface area contributed by atoms with Gasteiger partial charge in [0.15, 0.2) is 0 Å². The van der Waals surface area contributed by atoms with E-state index in [-0.39, 0.29) is 0 Å². The molecule has 1 unspecified atom stereocenters. The van der Waals surface area contributed by atoms with Crippen molar-refractivity contribution in [2.75, 3.05) is 13.7 Å². The Kier molecular flexibility index (Phi) is 7.75. The van der Waals surface area contributed by atoms with Crippen molar-refractivity contribution in [2.24, 2.45) is 5.10 Å². The SMILES string of the molecule is COc1ccc(C2CC(c3ccccc3)=NN2C(=O)CN2C(=O)NC(Cc3ccccc3)(Cc3ccccc3)C2=O)cc1. The minimum Gasteiger partial charge on any atom is -0.497 e. The van der Waals surface area contributed by atoms with Crippen molar-refractivity contribution in [3.05, 3.63) is 138 Å². The summed E-state index contributed by atoms with van der Waals surface area (Å²) in [6.45, 7) is -0.422. The lowest BCUT2D eigenvalue weighted by molar-refractivity contribution is -0.140. The third kappa shape index (κ3) is 5.77. The van der Waals surface area contributed by atoms with Crippen molar-refractivity contribution in [2.45, 2.75) is 30.8 Å². The van der Waals surface area contributed by atoms with Crippen molar-refractivity contribution in [1.29, 1.82) is 0 Å². The average molecular weight is 573 g/mol. The number of hydrazone groups is 1. The van der Waals surface area contributed by atoms with Gasteiger partial charge in [-0.2, -0.15) is 5.10 Å². The lowest BCUT2D eigenvalue weighted by Crippen LogP contribution is -2.51. The molecule has 216 valence electrons. The van der Waals surface area contributed by atoms with Crippen LogP contribution in [0.1, 0.15) is 34.7 Å². The van der Waals surface area contributed by atoms with Crippen LogP contribution in [0.5, 0.6) is 5.75 Å². The van der Waals surface area contributed by atoms with Crippen LogP contribution < -0.4 is 10.1 Å². The van der Waals surface area contributed by atoms with Crippen molar-refractivity contribution in [1.82, 2.24) is 15.2 Å². The topological polar surface area (TPSA) is 91.3 Å². The van der Waals surface area contributed by atoms with E-state index in [2.05, 4.69) is 5.32 Å². The fourth-order valence-electron chi connectivity index (χ4n) is 5.85. The quantitative estimate of drug-likeness (QED) is 0.281. The molecule has 4 aromatic carbocycles. The van der Waals surface area contributed by atoms with E-state index in [4.69, 9.17) is 9.84 Å². The number of hydrogen-bond donors (Lipinski definition) is 1. The van der Waals surface area contributed by atoms with Crippen LogP contribution >= 0.6 is 0 Å². The van der Waals surface area contributed by atoms with Gasteiger partial charge in [-0.15, -0.1) is 0 Å². The highest BCUT2D eigenvalue weighted by Gasteiger charge is 2.52. The van der Waals surface area contributed by atoms with E-state index >= 15 is 0 Å². The summed E-state index contributed by atoms with van der Waals surface area (Å²) in [6.07, 6.45) is 1.09. The molecule has 0 radical (unpaired) electrons. The zero-order valence-electron chi connectivity index (χ0n) is 23.9. The van der Waals surface area contributed by atoms with Gasteiger partial charge in [0, 0.05) is 19.3 Å². The van der Waals surface area contributed by atoms with Gasteiger partial charge in [-0.1, -0.05) is 103 Å². The Balaban J connectivity index is 1.29. The van der Waals surface area contributed by atoms with Crippen LogP contribution in [-0.4, -0.2) is 52.7 Å². The number of benzene rings is 4. The second-order valence-electron chi connectivity index (χ2n) is 10.9. The number of methoxy groups -OCH3 is 1. The zero-order chi connectivity index (χ0) is 29.8. The van der Waals surface area contributed by atoms with Crippen LogP contribution in [0.2, 0.25) is 0 Å². The fraction of sp³-hybridized carbons (Fsp3) is 0.200. The van der Waals surface area contributed by atoms with Gasteiger partial charge in [0.1, 0.15) is 17.8 Å². The average Bonchev–Trinajstić information content (AvgIpc) is 3.58. The molecule has 1 atom stereocenters. The molecule has 0 aromatic heterocycles. The maximum absolute atomic E-state index is 14.1. The number of nitrogens with zero attached hydrogens (tertiary/aromatic N) is 3. The molecule has 2 aliphatic heterocycles. The summed E-state index contributed by atoms with van der Waals surface area (Å²) in [7, 11) is 1.60. The summed E-state index contributed by atoms with van der Waals surface area (Å²) in [5.41, 5.74) is 3.15. The molecule has 8 nitrogen and oxygen atoms in total. The number of rotatable bonds is 9. The van der Waals surface area contributed by atoms with Crippen LogP contribution in [0.3, 0.4) is 0 Å². The van der Waals surface area contributed by atoms with Crippen LogP contribution in [0.4, 0.5) is 4.79 Å². The number of hydrogen-bond acceptors (Lipinski definition) is 5. The summed E-state index contributed by atoms with van der Waals surface area (Å²) in [6, 6.07) is 35.4. The molecule has 2 heterocycles. The first-order valence-electron chi connectivity index (χ1n) is 14.3. The largest absolute Gasteiger partial charge is 0.497 e. The molecule has 1 saturated heterocycles. The number of amides is 4. The lowest BCUT2D eigenvalue weighted by atomic mass is 9.84. The molecule has 1 N–H and O–H groups in total. The molecule has 43 heavy (non-hydrogen) atoms. The fourth-order valence-corrected chi connectivity index (χ4v) is 5.85. The summed E-state index contributed by atoms with van der Waals surface area (Å²) in [5.74, 6) is -0.159. The van der Waals surface area contributed by atoms with Crippen LogP contribution in [0.25, 0.3) is 0 Å². The van der Waals surface area contributed by atoms with Gasteiger partial charge < -0.3 is 10.1 Å². The first-order valence-corrected chi connectivity index (χ1v) is 14.3. The second-order valence-corrected chi connectivity index (χ2v) is 10.9. The van der Waals surface area contributed by atoms with E-state index in [0.29, 0.717) is 25.0 Å². The third-order valence-corrected chi connectivity index (χ3v) is 8.01. The lowest BCUT2D eigenvalue weighted by Gasteiger charge is -2.28. The highest BCUT2D eigenvalue weighted by atomic mass is 16.5. The van der Waals surface area contributed by atoms with Crippen molar-refractivity contribution in [3.63, 3.8) is 0 Å². The van der Waals surface area contributed by atoms with Gasteiger partial charge in [0.25, 0.3) is 11.8 Å². The maximum Gasteiger partial charge on any atom is 0.325 e. The second kappa shape index (κ2) is 11.9. The summed E-state index contributed by atoms with van der Waals surface area (Å²) < 4.78 is 5.32. The summed E-state index contributed by atoms with van der Waals surface area (Å²) in [5, 5.41) is 9.11. The highest BCUT2D eigenvalue weighted by Crippen LogP contribution is 2.34. The van der Waals surface area contributed by atoms with E-state index in [0.717, 1.165) is 32.9 Å². The molecule has 4 aromatic rings. The standard InChI is InChI=1S/C35H32N4O4/c1-43-29-19-17-28(18-20-29)31-21-30(27-15-9-4-10-16-27)37-39(31)32(40)24-38-33(41)35(36-34(38)42,22-25-11-5-2-6-12-25)23-26-13-7-3-8-14-26/h2-20,31H,21-24H2,1H3,(H,36,42). The summed E-state index contributed by atoms with van der Waals surface area (Å²) in [4.78, 5) is 42.5. The molecule has 1 fully saturated rings. The van der Waals surface area contributed by atoms with Gasteiger partial charge in [-0.3, -0.25) is 14.5 Å². The monoisotopic (exact) mass is 572 g/mol. The number of carbonyl (C=O) groups excluding carboxylic acids is 3. The highest BCUT2D eigenvalue weighted by molar-refractivity contribution is 6.10. The van der Waals surface area contributed by atoms with E-state index < -0.39 is 36.0 Å². The molecule has 0 aliphatic carbocycles. The molecule has 0 bridgehead atoms. The Morgan fingerprint density at radius 1 is 0.837 bits per heavy atom. The first-order chi connectivity index (χ1) is 21.0. The van der Waals surface area contributed by atoms with Gasteiger partial charge in [0.05, 0.1) is 18.9 Å². The molecule has 8 heteroatoms. The van der Waals surface area contributed by atoms with Crippen LogP contribution in [0.15, 0.2) is 120 Å². The number of ether oxygens (including phenoxy) is 1. The first kappa shape index (κ1) is 27.9. The van der Waals surface area contributed by atoms with Crippen molar-refractivity contribution in [3.8, 4) is 5.75 Å². The van der Waals surface area contributed by atoms with Crippen molar-refractivity contribution >= 4 is 23.6 Å². The normalized spacial score (nSPS) is 17.5. The Labute approximate surface area is 250 Å². The predicted molar refractivity (Wildman–Crippen MR) is 163 cm³/mol. The van der Waals surface area contributed by atoms with E-state index in [1.54, 1.807) is 7.11 Å². The van der Waals surface area contributed by atoms with Gasteiger partial charge in [0.2, 0.25) is 0 Å².